The molecule has 1 aliphatic heterocycles. The number of fused-ring (bicyclic) bond motifs is 1. The number of hydrogen-bond acceptors (Lipinski definition) is 2. The van der Waals surface area contributed by atoms with Gasteiger partial charge in [-0.3, -0.25) is 4.79 Å². The van der Waals surface area contributed by atoms with Crippen molar-refractivity contribution in [2.45, 2.75) is 57.5 Å². The van der Waals surface area contributed by atoms with Crippen molar-refractivity contribution in [3.63, 3.8) is 0 Å². The molecule has 0 spiro atoms. The average molecular weight is 246 g/mol. The first-order valence-corrected chi connectivity index (χ1v) is 7.26. The molecule has 0 bridgehead atoms. The molecule has 1 fully saturated rings. The summed E-state index contributed by atoms with van der Waals surface area (Å²) < 4.78 is 0. The first-order chi connectivity index (χ1) is 8.81. The molecule has 2 heterocycles. The third-order valence-electron chi connectivity index (χ3n) is 4.47. The zero-order valence-corrected chi connectivity index (χ0v) is 10.9. The highest BCUT2D eigenvalue weighted by molar-refractivity contribution is 5.23. The minimum atomic E-state index is 0.0343. The van der Waals surface area contributed by atoms with E-state index >= 15 is 0 Å². The predicted molar refractivity (Wildman–Crippen MR) is 72.6 cm³/mol. The standard InChI is InChI=1S/C15H22N2O/c18-15-7-6-12-10-16-13(9-14(12)17-15)8-11-4-2-1-3-5-11/h6-7,11,13,16H,1-5,8-10H2,(H,17,18). The van der Waals surface area contributed by atoms with Crippen LogP contribution in [0.25, 0.3) is 0 Å². The lowest BCUT2D eigenvalue weighted by Crippen LogP contribution is -2.38. The molecular formula is C15H22N2O. The number of aromatic amines is 1. The topological polar surface area (TPSA) is 44.9 Å². The Morgan fingerprint density at radius 3 is 2.83 bits per heavy atom. The van der Waals surface area contributed by atoms with Crippen molar-refractivity contribution in [2.24, 2.45) is 5.92 Å². The van der Waals surface area contributed by atoms with E-state index in [1.54, 1.807) is 6.07 Å². The van der Waals surface area contributed by atoms with E-state index in [1.807, 2.05) is 6.07 Å². The molecule has 3 nitrogen and oxygen atoms in total. The summed E-state index contributed by atoms with van der Waals surface area (Å²) >= 11 is 0. The predicted octanol–water partition coefficient (Wildman–Crippen LogP) is 2.36. The van der Waals surface area contributed by atoms with E-state index in [0.29, 0.717) is 6.04 Å². The van der Waals surface area contributed by atoms with Gasteiger partial charge in [0.1, 0.15) is 0 Å². The maximum absolute atomic E-state index is 11.4. The molecule has 0 aromatic carbocycles. The number of hydrogen-bond donors (Lipinski definition) is 2. The van der Waals surface area contributed by atoms with Gasteiger partial charge in [-0.15, -0.1) is 0 Å². The Labute approximate surface area is 108 Å². The van der Waals surface area contributed by atoms with Crippen LogP contribution in [0, 0.1) is 5.92 Å². The molecule has 98 valence electrons. The fourth-order valence-electron chi connectivity index (χ4n) is 3.46. The van der Waals surface area contributed by atoms with E-state index in [2.05, 4.69) is 10.3 Å². The summed E-state index contributed by atoms with van der Waals surface area (Å²) in [5, 5.41) is 3.62. The maximum Gasteiger partial charge on any atom is 0.248 e. The van der Waals surface area contributed by atoms with Gasteiger partial charge in [-0.1, -0.05) is 38.2 Å². The van der Waals surface area contributed by atoms with Crippen LogP contribution < -0.4 is 10.9 Å². The van der Waals surface area contributed by atoms with Gasteiger partial charge in [0.05, 0.1) is 0 Å². The number of aromatic nitrogens is 1. The van der Waals surface area contributed by atoms with Crippen LogP contribution in [0.4, 0.5) is 0 Å². The van der Waals surface area contributed by atoms with Crippen LogP contribution in [0.1, 0.15) is 49.8 Å². The van der Waals surface area contributed by atoms with Crippen molar-refractivity contribution in [3.05, 3.63) is 33.7 Å². The Bertz CT molecular complexity index is 460. The summed E-state index contributed by atoms with van der Waals surface area (Å²) in [5.74, 6) is 0.897. The molecule has 0 amide bonds. The Morgan fingerprint density at radius 2 is 2.00 bits per heavy atom. The monoisotopic (exact) mass is 246 g/mol. The van der Waals surface area contributed by atoms with Gasteiger partial charge in [-0.2, -0.15) is 0 Å². The Morgan fingerprint density at radius 1 is 1.17 bits per heavy atom. The van der Waals surface area contributed by atoms with Gasteiger partial charge < -0.3 is 10.3 Å². The van der Waals surface area contributed by atoms with Gasteiger partial charge in [-0.05, 0) is 17.9 Å². The third kappa shape index (κ3) is 2.66. The number of nitrogens with one attached hydrogen (secondary N) is 2. The van der Waals surface area contributed by atoms with Crippen molar-refractivity contribution in [2.75, 3.05) is 0 Å². The minimum absolute atomic E-state index is 0.0343. The first-order valence-electron chi connectivity index (χ1n) is 7.26. The van der Waals surface area contributed by atoms with Crippen LogP contribution in [0.3, 0.4) is 0 Å². The summed E-state index contributed by atoms with van der Waals surface area (Å²) in [5.41, 5.74) is 2.45. The Hall–Kier alpha value is -1.09. The smallest absolute Gasteiger partial charge is 0.248 e. The van der Waals surface area contributed by atoms with E-state index in [0.717, 1.165) is 24.6 Å². The maximum atomic E-state index is 11.4. The highest BCUT2D eigenvalue weighted by atomic mass is 16.1. The van der Waals surface area contributed by atoms with E-state index < -0.39 is 0 Å². The van der Waals surface area contributed by atoms with Gasteiger partial charge in [0.15, 0.2) is 0 Å². The molecular weight excluding hydrogens is 224 g/mol. The molecule has 1 unspecified atom stereocenters. The molecule has 1 aliphatic carbocycles. The second kappa shape index (κ2) is 5.27. The second-order valence-electron chi connectivity index (χ2n) is 5.85. The van der Waals surface area contributed by atoms with Crippen LogP contribution in [-0.4, -0.2) is 11.0 Å². The van der Waals surface area contributed by atoms with Crippen molar-refractivity contribution in [1.82, 2.24) is 10.3 Å². The second-order valence-corrected chi connectivity index (χ2v) is 5.85. The van der Waals surface area contributed by atoms with E-state index in [1.165, 1.54) is 44.1 Å². The van der Waals surface area contributed by atoms with Crippen molar-refractivity contribution >= 4 is 0 Å². The molecule has 1 atom stereocenters. The molecule has 1 aromatic rings. The van der Waals surface area contributed by atoms with Gasteiger partial charge in [0.2, 0.25) is 5.56 Å². The van der Waals surface area contributed by atoms with Crippen molar-refractivity contribution in [1.29, 1.82) is 0 Å². The first kappa shape index (κ1) is 12.0. The quantitative estimate of drug-likeness (QED) is 0.841. The normalized spacial score (nSPS) is 24.8. The summed E-state index contributed by atoms with van der Waals surface area (Å²) in [6.07, 6.45) is 9.30. The Balaban J connectivity index is 1.64. The summed E-state index contributed by atoms with van der Waals surface area (Å²) in [4.78, 5) is 14.4. The molecule has 2 aliphatic rings. The number of H-pyrrole nitrogens is 1. The minimum Gasteiger partial charge on any atom is -0.326 e. The lowest BCUT2D eigenvalue weighted by molar-refractivity contribution is 0.289. The van der Waals surface area contributed by atoms with Crippen LogP contribution in [0.2, 0.25) is 0 Å². The number of pyridine rings is 1. The zero-order valence-electron chi connectivity index (χ0n) is 10.9. The zero-order chi connectivity index (χ0) is 12.4. The molecule has 0 radical (unpaired) electrons. The largest absolute Gasteiger partial charge is 0.326 e. The van der Waals surface area contributed by atoms with Crippen LogP contribution >= 0.6 is 0 Å². The lowest BCUT2D eigenvalue weighted by atomic mass is 9.83. The molecule has 3 rings (SSSR count). The highest BCUT2D eigenvalue weighted by Crippen LogP contribution is 2.29. The van der Waals surface area contributed by atoms with Crippen LogP contribution in [0.15, 0.2) is 16.9 Å². The molecule has 3 heteroatoms. The number of rotatable bonds is 2. The van der Waals surface area contributed by atoms with Crippen LogP contribution in [-0.2, 0) is 13.0 Å². The lowest BCUT2D eigenvalue weighted by Gasteiger charge is -2.30. The fraction of sp³-hybridized carbons (Fsp3) is 0.667. The van der Waals surface area contributed by atoms with Crippen molar-refractivity contribution < 1.29 is 0 Å². The highest BCUT2D eigenvalue weighted by Gasteiger charge is 2.23. The third-order valence-corrected chi connectivity index (χ3v) is 4.47. The molecule has 0 saturated heterocycles. The molecule has 1 aromatic heterocycles. The van der Waals surface area contributed by atoms with Gasteiger partial charge in [-0.25, -0.2) is 0 Å². The molecule has 1 saturated carbocycles. The SMILES string of the molecule is O=c1ccc2c([nH]1)CC(CC1CCCCC1)NC2. The molecule has 2 N–H and O–H groups in total. The summed E-state index contributed by atoms with van der Waals surface area (Å²) in [7, 11) is 0. The van der Waals surface area contributed by atoms with E-state index in [9.17, 15) is 4.79 Å². The summed E-state index contributed by atoms with van der Waals surface area (Å²) in [6.45, 7) is 0.906. The Kier molecular flexibility index (Phi) is 3.50. The molecule has 18 heavy (non-hydrogen) atoms. The van der Waals surface area contributed by atoms with Gasteiger partial charge in [0, 0.05) is 30.8 Å². The van der Waals surface area contributed by atoms with E-state index in [4.69, 9.17) is 0 Å². The average Bonchev–Trinajstić information content (AvgIpc) is 2.39. The van der Waals surface area contributed by atoms with Gasteiger partial charge in [0.25, 0.3) is 0 Å². The fourth-order valence-corrected chi connectivity index (χ4v) is 3.46. The van der Waals surface area contributed by atoms with Gasteiger partial charge >= 0.3 is 0 Å². The van der Waals surface area contributed by atoms with Crippen molar-refractivity contribution in [3.8, 4) is 0 Å². The van der Waals surface area contributed by atoms with Crippen LogP contribution in [0.5, 0.6) is 0 Å². The van der Waals surface area contributed by atoms with E-state index in [-0.39, 0.29) is 5.56 Å². The summed E-state index contributed by atoms with van der Waals surface area (Å²) in [6, 6.07) is 4.14.